The Morgan fingerprint density at radius 1 is 1.32 bits per heavy atom. The smallest absolute Gasteiger partial charge is 0.150 e. The van der Waals surface area contributed by atoms with Crippen molar-refractivity contribution in [1.29, 1.82) is 0 Å². The van der Waals surface area contributed by atoms with Crippen LogP contribution < -0.4 is 10.1 Å². The van der Waals surface area contributed by atoms with Gasteiger partial charge in [0.15, 0.2) is 0 Å². The van der Waals surface area contributed by atoms with Crippen molar-refractivity contribution < 1.29 is 13.2 Å². The van der Waals surface area contributed by atoms with Gasteiger partial charge in [0.05, 0.1) is 12.4 Å². The van der Waals surface area contributed by atoms with E-state index in [1.807, 2.05) is 32.2 Å². The molecule has 1 N–H and O–H groups in total. The van der Waals surface area contributed by atoms with Gasteiger partial charge in [0.2, 0.25) is 0 Å². The monoisotopic (exact) mass is 285 g/mol. The molecule has 108 valence electrons. The Morgan fingerprint density at radius 3 is 2.68 bits per heavy atom. The van der Waals surface area contributed by atoms with Crippen LogP contribution in [0.2, 0.25) is 0 Å². The first kappa shape index (κ1) is 16.0. The molecule has 19 heavy (non-hydrogen) atoms. The highest BCUT2D eigenvalue weighted by atomic mass is 32.2. The Hall–Kier alpha value is -1.07. The van der Waals surface area contributed by atoms with Crippen LogP contribution >= 0.6 is 0 Å². The molecule has 0 saturated heterocycles. The Labute approximate surface area is 116 Å². The van der Waals surface area contributed by atoms with Crippen LogP contribution in [0.25, 0.3) is 0 Å². The normalized spacial score (nSPS) is 11.5. The van der Waals surface area contributed by atoms with Crippen molar-refractivity contribution in [2.75, 3.05) is 25.2 Å². The van der Waals surface area contributed by atoms with Gasteiger partial charge in [0.25, 0.3) is 0 Å². The standard InChI is InChI=1S/C14H23NO3S/c1-4-19(16,17)10-6-9-18-14-12(2)7-5-8-13(14)11-15-3/h5,7-8,15H,4,6,9-11H2,1-3H3. The topological polar surface area (TPSA) is 55.4 Å². The van der Waals surface area contributed by atoms with Gasteiger partial charge in [-0.05, 0) is 26.0 Å². The molecule has 0 amide bonds. The summed E-state index contributed by atoms with van der Waals surface area (Å²) in [6.45, 7) is 4.84. The molecule has 0 aromatic heterocycles. The van der Waals surface area contributed by atoms with Gasteiger partial charge in [-0.15, -0.1) is 0 Å². The van der Waals surface area contributed by atoms with Crippen molar-refractivity contribution in [1.82, 2.24) is 5.32 Å². The van der Waals surface area contributed by atoms with Gasteiger partial charge >= 0.3 is 0 Å². The number of aryl methyl sites for hydroxylation is 1. The van der Waals surface area contributed by atoms with Gasteiger partial charge in [-0.1, -0.05) is 25.1 Å². The molecule has 0 aliphatic carbocycles. The lowest BCUT2D eigenvalue weighted by molar-refractivity contribution is 0.311. The van der Waals surface area contributed by atoms with E-state index in [0.29, 0.717) is 13.0 Å². The van der Waals surface area contributed by atoms with Gasteiger partial charge in [0.1, 0.15) is 15.6 Å². The summed E-state index contributed by atoms with van der Waals surface area (Å²) >= 11 is 0. The fourth-order valence-electron chi connectivity index (χ4n) is 1.85. The van der Waals surface area contributed by atoms with Gasteiger partial charge in [0, 0.05) is 17.9 Å². The first-order chi connectivity index (χ1) is 9.00. The number of rotatable bonds is 8. The summed E-state index contributed by atoms with van der Waals surface area (Å²) in [6, 6.07) is 6.01. The Balaban J connectivity index is 2.58. The number of ether oxygens (including phenoxy) is 1. The van der Waals surface area contributed by atoms with Crippen LogP contribution in [0.3, 0.4) is 0 Å². The quantitative estimate of drug-likeness (QED) is 0.741. The number of hydrogen-bond donors (Lipinski definition) is 1. The van der Waals surface area contributed by atoms with Crippen molar-refractivity contribution in [3.05, 3.63) is 29.3 Å². The number of hydrogen-bond acceptors (Lipinski definition) is 4. The second-order valence-electron chi connectivity index (χ2n) is 4.53. The van der Waals surface area contributed by atoms with Crippen LogP contribution in [0, 0.1) is 6.92 Å². The minimum absolute atomic E-state index is 0.191. The Morgan fingerprint density at radius 2 is 2.05 bits per heavy atom. The molecule has 4 nitrogen and oxygen atoms in total. The largest absolute Gasteiger partial charge is 0.493 e. The summed E-state index contributed by atoms with van der Waals surface area (Å²) in [5.41, 5.74) is 2.17. The van der Waals surface area contributed by atoms with Crippen molar-refractivity contribution in [3.8, 4) is 5.75 Å². The molecule has 0 aliphatic rings. The molecule has 0 bridgehead atoms. The Kier molecular flexibility index (Phi) is 6.31. The first-order valence-electron chi connectivity index (χ1n) is 6.56. The molecule has 0 heterocycles. The predicted molar refractivity (Wildman–Crippen MR) is 78.4 cm³/mol. The summed E-state index contributed by atoms with van der Waals surface area (Å²) in [7, 11) is -1.01. The van der Waals surface area contributed by atoms with Gasteiger partial charge in [-0.25, -0.2) is 8.42 Å². The molecular formula is C14H23NO3S. The molecule has 1 aromatic carbocycles. The predicted octanol–water partition coefficient (Wildman–Crippen LogP) is 1.92. The van der Waals surface area contributed by atoms with Crippen LogP contribution in [0.1, 0.15) is 24.5 Å². The Bertz CT molecular complexity index is 497. The van der Waals surface area contributed by atoms with Gasteiger partial charge in [-0.2, -0.15) is 0 Å². The molecule has 1 rings (SSSR count). The van der Waals surface area contributed by atoms with E-state index in [2.05, 4.69) is 5.32 Å². The third kappa shape index (κ3) is 5.20. The van der Waals surface area contributed by atoms with E-state index < -0.39 is 9.84 Å². The molecule has 1 aromatic rings. The molecule has 0 radical (unpaired) electrons. The second-order valence-corrected chi connectivity index (χ2v) is 7.00. The number of sulfone groups is 1. The maximum absolute atomic E-state index is 11.4. The lowest BCUT2D eigenvalue weighted by Gasteiger charge is -2.14. The van der Waals surface area contributed by atoms with E-state index in [4.69, 9.17) is 4.74 Å². The summed E-state index contributed by atoms with van der Waals surface area (Å²) in [6.07, 6.45) is 0.531. The zero-order valence-corrected chi connectivity index (χ0v) is 12.7. The number of para-hydroxylation sites is 1. The summed E-state index contributed by atoms with van der Waals surface area (Å²) in [5, 5.41) is 3.10. The molecule has 0 aliphatic heterocycles. The van der Waals surface area contributed by atoms with Crippen LogP contribution in [-0.2, 0) is 16.4 Å². The van der Waals surface area contributed by atoms with E-state index in [-0.39, 0.29) is 11.5 Å². The fourth-order valence-corrected chi connectivity index (χ4v) is 2.69. The third-order valence-electron chi connectivity index (χ3n) is 2.95. The minimum atomic E-state index is -2.90. The minimum Gasteiger partial charge on any atom is -0.493 e. The SMILES string of the molecule is CCS(=O)(=O)CCCOc1c(C)cccc1CNC. The molecule has 0 spiro atoms. The molecule has 0 fully saturated rings. The summed E-state index contributed by atoms with van der Waals surface area (Å²) in [5.74, 6) is 1.25. The highest BCUT2D eigenvalue weighted by Crippen LogP contribution is 2.23. The van der Waals surface area contributed by atoms with Crippen molar-refractivity contribution in [2.24, 2.45) is 0 Å². The lowest BCUT2D eigenvalue weighted by atomic mass is 10.1. The highest BCUT2D eigenvalue weighted by molar-refractivity contribution is 7.91. The van der Waals surface area contributed by atoms with E-state index in [0.717, 1.165) is 23.4 Å². The van der Waals surface area contributed by atoms with Crippen LogP contribution in [-0.4, -0.2) is 33.6 Å². The highest BCUT2D eigenvalue weighted by Gasteiger charge is 2.09. The maximum atomic E-state index is 11.4. The number of benzene rings is 1. The van der Waals surface area contributed by atoms with E-state index >= 15 is 0 Å². The number of nitrogens with one attached hydrogen (secondary N) is 1. The van der Waals surface area contributed by atoms with Crippen molar-refractivity contribution in [3.63, 3.8) is 0 Å². The lowest BCUT2D eigenvalue weighted by Crippen LogP contribution is -2.13. The molecule has 5 heteroatoms. The average molecular weight is 285 g/mol. The van der Waals surface area contributed by atoms with Crippen LogP contribution in [0.15, 0.2) is 18.2 Å². The van der Waals surface area contributed by atoms with E-state index in [9.17, 15) is 8.42 Å². The zero-order valence-electron chi connectivity index (χ0n) is 11.9. The van der Waals surface area contributed by atoms with Gasteiger partial charge < -0.3 is 10.1 Å². The van der Waals surface area contributed by atoms with Crippen molar-refractivity contribution >= 4 is 9.84 Å². The molecule has 0 saturated carbocycles. The van der Waals surface area contributed by atoms with Crippen LogP contribution in [0.4, 0.5) is 0 Å². The van der Waals surface area contributed by atoms with Crippen molar-refractivity contribution in [2.45, 2.75) is 26.8 Å². The zero-order chi connectivity index (χ0) is 14.3. The molecular weight excluding hydrogens is 262 g/mol. The first-order valence-corrected chi connectivity index (χ1v) is 8.38. The molecule has 0 unspecified atom stereocenters. The van der Waals surface area contributed by atoms with Gasteiger partial charge in [-0.3, -0.25) is 0 Å². The average Bonchev–Trinajstić information content (AvgIpc) is 2.37. The molecule has 0 atom stereocenters. The maximum Gasteiger partial charge on any atom is 0.150 e. The summed E-state index contributed by atoms with van der Waals surface area (Å²) < 4.78 is 28.5. The van der Waals surface area contributed by atoms with Crippen LogP contribution in [0.5, 0.6) is 5.75 Å². The third-order valence-corrected chi connectivity index (χ3v) is 4.74. The second kappa shape index (κ2) is 7.50. The van der Waals surface area contributed by atoms with E-state index in [1.165, 1.54) is 0 Å². The summed E-state index contributed by atoms with van der Waals surface area (Å²) in [4.78, 5) is 0. The van der Waals surface area contributed by atoms with E-state index in [1.54, 1.807) is 6.92 Å². The fraction of sp³-hybridized carbons (Fsp3) is 0.571.